The third-order valence-electron chi connectivity index (χ3n) is 4.61. The van der Waals surface area contributed by atoms with Crippen molar-refractivity contribution in [1.82, 2.24) is 14.7 Å². The van der Waals surface area contributed by atoms with Crippen molar-refractivity contribution in [2.24, 2.45) is 0 Å². The molecular formula is C16H19ClFN3O2. The van der Waals surface area contributed by atoms with Crippen LogP contribution >= 0.6 is 11.6 Å². The van der Waals surface area contributed by atoms with Crippen LogP contribution in [-0.2, 0) is 0 Å². The van der Waals surface area contributed by atoms with Gasteiger partial charge >= 0.3 is 6.03 Å². The van der Waals surface area contributed by atoms with Gasteiger partial charge in [-0.15, -0.1) is 0 Å². The molecule has 7 heteroatoms. The first-order valence-corrected chi connectivity index (χ1v) is 8.11. The maximum absolute atomic E-state index is 13.2. The summed E-state index contributed by atoms with van der Waals surface area (Å²) >= 11 is 5.74. The summed E-state index contributed by atoms with van der Waals surface area (Å²) in [4.78, 5) is 29.9. The van der Waals surface area contributed by atoms with Crippen LogP contribution in [-0.4, -0.2) is 65.9 Å². The number of hydrogen-bond acceptors (Lipinski definition) is 2. The van der Waals surface area contributed by atoms with Crippen molar-refractivity contribution in [3.63, 3.8) is 0 Å². The highest BCUT2D eigenvalue weighted by molar-refractivity contribution is 6.31. The fourth-order valence-corrected chi connectivity index (χ4v) is 3.38. The minimum absolute atomic E-state index is 0.0450. The zero-order valence-corrected chi connectivity index (χ0v) is 13.7. The molecule has 1 aromatic rings. The smallest absolute Gasteiger partial charge is 0.320 e. The summed E-state index contributed by atoms with van der Waals surface area (Å²) in [5.41, 5.74) is 0.395. The standard InChI is InChI=1S/C16H19ClFN3O2/c1-19-8-9-21(16(19)23)12-4-6-20(7-5-12)15(22)11-2-3-14(18)13(17)10-11/h2-3,10,12H,4-9H2,1H3. The van der Waals surface area contributed by atoms with E-state index in [1.165, 1.54) is 18.2 Å². The van der Waals surface area contributed by atoms with Gasteiger partial charge in [-0.25, -0.2) is 9.18 Å². The highest BCUT2D eigenvalue weighted by Crippen LogP contribution is 2.23. The first kappa shape index (κ1) is 16.1. The van der Waals surface area contributed by atoms with Gasteiger partial charge in [-0.05, 0) is 31.0 Å². The van der Waals surface area contributed by atoms with E-state index in [-0.39, 0.29) is 23.0 Å². The molecule has 2 aliphatic heterocycles. The summed E-state index contributed by atoms with van der Waals surface area (Å²) in [5.74, 6) is -0.672. The fourth-order valence-electron chi connectivity index (χ4n) is 3.20. The monoisotopic (exact) mass is 339 g/mol. The number of amides is 3. The van der Waals surface area contributed by atoms with Crippen LogP contribution in [0.15, 0.2) is 18.2 Å². The third-order valence-corrected chi connectivity index (χ3v) is 4.90. The lowest BCUT2D eigenvalue weighted by atomic mass is 10.0. The van der Waals surface area contributed by atoms with Crippen molar-refractivity contribution in [2.75, 3.05) is 33.2 Å². The van der Waals surface area contributed by atoms with Crippen molar-refractivity contribution < 1.29 is 14.0 Å². The van der Waals surface area contributed by atoms with Crippen LogP contribution in [0, 0.1) is 5.82 Å². The average molecular weight is 340 g/mol. The quantitative estimate of drug-likeness (QED) is 0.830. The van der Waals surface area contributed by atoms with E-state index in [1.54, 1.807) is 16.8 Å². The van der Waals surface area contributed by atoms with Gasteiger partial charge in [0.25, 0.3) is 5.91 Å². The zero-order valence-electron chi connectivity index (χ0n) is 13.0. The molecule has 1 aromatic carbocycles. The Morgan fingerprint density at radius 1 is 1.22 bits per heavy atom. The predicted molar refractivity (Wildman–Crippen MR) is 85.1 cm³/mol. The van der Waals surface area contributed by atoms with Gasteiger partial charge in [0, 0.05) is 44.8 Å². The number of urea groups is 1. The van der Waals surface area contributed by atoms with E-state index in [0.29, 0.717) is 18.7 Å². The lowest BCUT2D eigenvalue weighted by Crippen LogP contribution is -2.47. The first-order valence-electron chi connectivity index (χ1n) is 7.73. The number of carbonyl (C=O) groups excluding carboxylic acids is 2. The largest absolute Gasteiger partial charge is 0.338 e. The number of likely N-dealkylation sites (tertiary alicyclic amines) is 1. The van der Waals surface area contributed by atoms with Crippen LogP contribution in [0.4, 0.5) is 9.18 Å². The normalized spacial score (nSPS) is 19.6. The van der Waals surface area contributed by atoms with Crippen LogP contribution in [0.2, 0.25) is 5.02 Å². The Kier molecular flexibility index (Phi) is 4.43. The maximum atomic E-state index is 13.2. The second-order valence-electron chi connectivity index (χ2n) is 6.05. The first-order chi connectivity index (χ1) is 11.0. The van der Waals surface area contributed by atoms with Crippen LogP contribution in [0.1, 0.15) is 23.2 Å². The number of hydrogen-bond donors (Lipinski definition) is 0. The molecule has 2 heterocycles. The van der Waals surface area contributed by atoms with Gasteiger partial charge in [0.1, 0.15) is 5.82 Å². The Labute approximate surface area is 139 Å². The van der Waals surface area contributed by atoms with E-state index in [0.717, 1.165) is 25.9 Å². The lowest BCUT2D eigenvalue weighted by Gasteiger charge is -2.36. The summed E-state index contributed by atoms with van der Waals surface area (Å²) in [7, 11) is 1.80. The van der Waals surface area contributed by atoms with Crippen molar-refractivity contribution in [2.45, 2.75) is 18.9 Å². The molecule has 2 saturated heterocycles. The molecule has 0 aliphatic carbocycles. The zero-order chi connectivity index (χ0) is 16.6. The predicted octanol–water partition coefficient (Wildman–Crippen LogP) is 2.45. The van der Waals surface area contributed by atoms with Gasteiger partial charge in [-0.3, -0.25) is 4.79 Å². The topological polar surface area (TPSA) is 43.9 Å². The van der Waals surface area contributed by atoms with E-state index in [1.807, 2.05) is 4.90 Å². The molecule has 0 spiro atoms. The minimum Gasteiger partial charge on any atom is -0.338 e. The minimum atomic E-state index is -0.529. The average Bonchev–Trinajstić information content (AvgIpc) is 2.89. The van der Waals surface area contributed by atoms with E-state index in [2.05, 4.69) is 0 Å². The summed E-state index contributed by atoms with van der Waals surface area (Å²) in [5, 5.41) is -0.0450. The second-order valence-corrected chi connectivity index (χ2v) is 6.46. The number of likely N-dealkylation sites (N-methyl/N-ethyl adjacent to an activating group) is 1. The van der Waals surface area contributed by atoms with Gasteiger partial charge in [-0.2, -0.15) is 0 Å². The van der Waals surface area contributed by atoms with Crippen LogP contribution in [0.5, 0.6) is 0 Å². The van der Waals surface area contributed by atoms with Gasteiger partial charge in [0.05, 0.1) is 5.02 Å². The Morgan fingerprint density at radius 3 is 2.48 bits per heavy atom. The van der Waals surface area contributed by atoms with E-state index in [9.17, 15) is 14.0 Å². The highest BCUT2D eigenvalue weighted by Gasteiger charge is 2.34. The summed E-state index contributed by atoms with van der Waals surface area (Å²) in [6, 6.07) is 4.29. The Morgan fingerprint density at radius 2 is 1.91 bits per heavy atom. The highest BCUT2D eigenvalue weighted by atomic mass is 35.5. The Balaban J connectivity index is 1.61. The van der Waals surface area contributed by atoms with Crippen LogP contribution in [0.25, 0.3) is 0 Å². The van der Waals surface area contributed by atoms with Crippen molar-refractivity contribution >= 4 is 23.5 Å². The van der Waals surface area contributed by atoms with Crippen molar-refractivity contribution in [3.05, 3.63) is 34.6 Å². The molecule has 0 saturated carbocycles. The molecule has 0 unspecified atom stereocenters. The maximum Gasteiger partial charge on any atom is 0.320 e. The molecule has 124 valence electrons. The van der Waals surface area contributed by atoms with E-state index >= 15 is 0 Å². The Bertz CT molecular complexity index is 632. The Hall–Kier alpha value is -1.82. The number of benzene rings is 1. The van der Waals surface area contributed by atoms with Crippen LogP contribution < -0.4 is 0 Å². The van der Waals surface area contributed by atoms with Crippen molar-refractivity contribution in [3.8, 4) is 0 Å². The van der Waals surface area contributed by atoms with Gasteiger partial charge in [0.2, 0.25) is 0 Å². The summed E-state index contributed by atoms with van der Waals surface area (Å²) in [6.07, 6.45) is 1.53. The molecule has 2 fully saturated rings. The second kappa shape index (κ2) is 6.35. The molecule has 0 bridgehead atoms. The molecule has 3 amide bonds. The fraction of sp³-hybridized carbons (Fsp3) is 0.500. The van der Waals surface area contributed by atoms with Crippen molar-refractivity contribution in [1.29, 1.82) is 0 Å². The molecule has 0 radical (unpaired) electrons. The number of piperidine rings is 1. The number of nitrogens with zero attached hydrogens (tertiary/aromatic N) is 3. The summed E-state index contributed by atoms with van der Waals surface area (Å²) in [6.45, 7) is 2.69. The lowest BCUT2D eigenvalue weighted by molar-refractivity contribution is 0.0664. The molecule has 0 aromatic heterocycles. The molecular weight excluding hydrogens is 321 g/mol. The van der Waals surface area contributed by atoms with Gasteiger partial charge in [0.15, 0.2) is 0 Å². The molecule has 5 nitrogen and oxygen atoms in total. The summed E-state index contributed by atoms with van der Waals surface area (Å²) < 4.78 is 13.2. The van der Waals surface area contributed by atoms with Crippen LogP contribution in [0.3, 0.4) is 0 Å². The van der Waals surface area contributed by atoms with E-state index < -0.39 is 5.82 Å². The number of rotatable bonds is 2. The molecule has 23 heavy (non-hydrogen) atoms. The number of halogens is 2. The SMILES string of the molecule is CN1CCN(C2CCN(C(=O)c3ccc(F)c(Cl)c3)CC2)C1=O. The molecule has 2 aliphatic rings. The number of carbonyl (C=O) groups is 2. The third kappa shape index (κ3) is 3.13. The molecule has 0 N–H and O–H groups in total. The van der Waals surface area contributed by atoms with Gasteiger partial charge < -0.3 is 14.7 Å². The molecule has 3 rings (SSSR count). The molecule has 0 atom stereocenters. The van der Waals surface area contributed by atoms with Gasteiger partial charge in [-0.1, -0.05) is 11.6 Å². The van der Waals surface area contributed by atoms with E-state index in [4.69, 9.17) is 11.6 Å².